The molecule has 7 rings (SSSR count). The molecule has 4 aliphatic carbocycles. The number of hydrogen-bond acceptors (Lipinski definition) is 8. The Kier molecular flexibility index (Phi) is 7.27. The van der Waals surface area contributed by atoms with Crippen LogP contribution in [0.5, 0.6) is 0 Å². The number of aliphatic hydroxyl groups excluding tert-OH is 4. The van der Waals surface area contributed by atoms with E-state index in [0.717, 1.165) is 45.1 Å². The van der Waals surface area contributed by atoms with Crippen molar-refractivity contribution in [1.29, 1.82) is 0 Å². The van der Waals surface area contributed by atoms with Crippen molar-refractivity contribution in [3.63, 3.8) is 0 Å². The van der Waals surface area contributed by atoms with Gasteiger partial charge >= 0.3 is 0 Å². The highest BCUT2D eigenvalue weighted by Crippen LogP contribution is 2.70. The van der Waals surface area contributed by atoms with Gasteiger partial charge in [0.05, 0.1) is 25.4 Å². The fraction of sp³-hybridized carbons (Fsp3) is 0.939. The maximum Gasteiger partial charge on any atom is 0.186 e. The molecule has 6 fully saturated rings. The summed E-state index contributed by atoms with van der Waals surface area (Å²) in [6.45, 7) is 10.1. The largest absolute Gasteiger partial charge is 0.394 e. The number of allylic oxidation sites excluding steroid dienone is 1. The first-order chi connectivity index (χ1) is 19.5. The van der Waals surface area contributed by atoms with Crippen LogP contribution in [0.3, 0.4) is 0 Å². The molecule has 3 saturated heterocycles. The third-order valence-corrected chi connectivity index (χ3v) is 13.5. The standard InChI is InChI=1S/C33H52O8/c1-17-7-12-33(38-16-17)18(2)26-24(41-33)14-23-21-6-5-19-13-20(8-10-31(19,3)22(21)9-11-32(23,26)4)39-30-29(37)28(36)27(35)25(15-34)40-30/h5,17-18,20-30,34-37H,6-16H2,1-4H3/t17-,18+,20+,21?,22?,23?,24?,25-,26?,27-,28+,29-,30-,31+,32+,33-/m1/s1. The summed E-state index contributed by atoms with van der Waals surface area (Å²) < 4.78 is 25.3. The number of ether oxygens (including phenoxy) is 4. The van der Waals surface area contributed by atoms with E-state index in [2.05, 4.69) is 33.8 Å². The van der Waals surface area contributed by atoms with E-state index in [1.807, 2.05) is 0 Å². The molecular formula is C33H52O8. The fourth-order valence-electron chi connectivity index (χ4n) is 11.1. The first-order valence-corrected chi connectivity index (χ1v) is 16.5. The second-order valence-corrected chi connectivity index (χ2v) is 15.5. The van der Waals surface area contributed by atoms with E-state index in [-0.39, 0.29) is 17.3 Å². The molecule has 232 valence electrons. The van der Waals surface area contributed by atoms with Crippen molar-refractivity contribution < 1.29 is 39.4 Å². The first kappa shape index (κ1) is 29.1. The SMILES string of the molecule is C[C@@H]1CC[C@@]2(OC1)OC1CC3C4CC=C5C[C@@H](O[C@@H]6O[C@H](CO)[C@@H](O)[C@H](O)[C@H]6O)CC[C@]5(C)C4CC[C@]3(C)C1[C@@H]2C. The molecule has 0 radical (unpaired) electrons. The highest BCUT2D eigenvalue weighted by Gasteiger charge is 2.68. The molecular weight excluding hydrogens is 524 g/mol. The van der Waals surface area contributed by atoms with E-state index in [0.29, 0.717) is 47.0 Å². The van der Waals surface area contributed by atoms with Crippen LogP contribution in [0, 0.1) is 46.3 Å². The Bertz CT molecular complexity index is 1020. The average molecular weight is 577 g/mol. The lowest BCUT2D eigenvalue weighted by Crippen LogP contribution is -2.60. The highest BCUT2D eigenvalue weighted by molar-refractivity contribution is 5.26. The molecule has 4 N–H and O–H groups in total. The van der Waals surface area contributed by atoms with Gasteiger partial charge in [0.1, 0.15) is 24.4 Å². The number of rotatable bonds is 3. The third-order valence-electron chi connectivity index (χ3n) is 13.5. The predicted molar refractivity (Wildman–Crippen MR) is 150 cm³/mol. The van der Waals surface area contributed by atoms with Crippen molar-refractivity contribution in [3.05, 3.63) is 11.6 Å². The van der Waals surface area contributed by atoms with Gasteiger partial charge in [0, 0.05) is 12.3 Å². The molecule has 8 nitrogen and oxygen atoms in total. The number of hydrogen-bond donors (Lipinski definition) is 4. The van der Waals surface area contributed by atoms with Gasteiger partial charge in [-0.05, 0) is 91.8 Å². The van der Waals surface area contributed by atoms with Crippen LogP contribution in [0.4, 0.5) is 0 Å². The van der Waals surface area contributed by atoms with Gasteiger partial charge in [-0.15, -0.1) is 0 Å². The van der Waals surface area contributed by atoms with Crippen LogP contribution in [-0.2, 0) is 18.9 Å². The van der Waals surface area contributed by atoms with Gasteiger partial charge in [0.25, 0.3) is 0 Å². The summed E-state index contributed by atoms with van der Waals surface area (Å²) in [5.41, 5.74) is 1.91. The lowest BCUT2D eigenvalue weighted by molar-refractivity contribution is -0.313. The number of aliphatic hydroxyl groups is 4. The topological polar surface area (TPSA) is 118 Å². The van der Waals surface area contributed by atoms with E-state index in [1.54, 1.807) is 0 Å². The molecule has 3 aliphatic heterocycles. The Morgan fingerprint density at radius 2 is 1.78 bits per heavy atom. The molecule has 0 amide bonds. The summed E-state index contributed by atoms with van der Waals surface area (Å²) in [5.74, 6) is 3.28. The van der Waals surface area contributed by atoms with Crippen LogP contribution < -0.4 is 0 Å². The zero-order valence-corrected chi connectivity index (χ0v) is 25.3. The van der Waals surface area contributed by atoms with Crippen LogP contribution in [0.15, 0.2) is 11.6 Å². The van der Waals surface area contributed by atoms with E-state index < -0.39 is 37.3 Å². The second-order valence-electron chi connectivity index (χ2n) is 15.5. The van der Waals surface area contributed by atoms with Gasteiger partial charge in [-0.25, -0.2) is 0 Å². The molecule has 7 aliphatic rings. The van der Waals surface area contributed by atoms with Crippen LogP contribution in [-0.4, -0.2) is 82.3 Å². The van der Waals surface area contributed by atoms with Crippen molar-refractivity contribution in [1.82, 2.24) is 0 Å². The van der Waals surface area contributed by atoms with Gasteiger partial charge < -0.3 is 39.4 Å². The Morgan fingerprint density at radius 1 is 0.976 bits per heavy atom. The minimum atomic E-state index is -1.41. The van der Waals surface area contributed by atoms with Crippen molar-refractivity contribution in [3.8, 4) is 0 Å². The molecule has 0 bridgehead atoms. The van der Waals surface area contributed by atoms with Gasteiger partial charge in [-0.2, -0.15) is 0 Å². The van der Waals surface area contributed by atoms with Crippen LogP contribution >= 0.6 is 0 Å². The maximum atomic E-state index is 10.5. The molecule has 5 unspecified atom stereocenters. The van der Waals surface area contributed by atoms with Crippen molar-refractivity contribution >= 4 is 0 Å². The molecule has 0 aromatic carbocycles. The first-order valence-electron chi connectivity index (χ1n) is 16.5. The lowest BCUT2D eigenvalue weighted by atomic mass is 9.47. The van der Waals surface area contributed by atoms with Gasteiger partial charge in [-0.3, -0.25) is 0 Å². The summed E-state index contributed by atoms with van der Waals surface area (Å²) in [5, 5.41) is 40.4. The Hall–Kier alpha value is -0.580. The van der Waals surface area contributed by atoms with Gasteiger partial charge in [0.15, 0.2) is 12.1 Å². The summed E-state index contributed by atoms with van der Waals surface area (Å²) in [4.78, 5) is 0. The van der Waals surface area contributed by atoms with E-state index in [1.165, 1.54) is 24.8 Å². The Balaban J connectivity index is 1.05. The summed E-state index contributed by atoms with van der Waals surface area (Å²) >= 11 is 0. The van der Waals surface area contributed by atoms with Gasteiger partial charge in [-0.1, -0.05) is 39.3 Å². The molecule has 0 aromatic heterocycles. The zero-order valence-electron chi connectivity index (χ0n) is 25.3. The molecule has 16 atom stereocenters. The average Bonchev–Trinajstić information content (AvgIpc) is 3.40. The van der Waals surface area contributed by atoms with Crippen LogP contribution in [0.25, 0.3) is 0 Å². The highest BCUT2D eigenvalue weighted by atomic mass is 16.7. The normalized spacial score (nSPS) is 58.3. The molecule has 0 aromatic rings. The van der Waals surface area contributed by atoms with Crippen molar-refractivity contribution in [2.75, 3.05) is 13.2 Å². The number of fused-ring (bicyclic) bond motifs is 7. The van der Waals surface area contributed by atoms with Crippen molar-refractivity contribution in [2.24, 2.45) is 46.3 Å². The molecule has 3 saturated carbocycles. The summed E-state index contributed by atoms with van der Waals surface area (Å²) in [7, 11) is 0. The minimum absolute atomic E-state index is 0.129. The third kappa shape index (κ3) is 4.29. The monoisotopic (exact) mass is 576 g/mol. The molecule has 3 heterocycles. The van der Waals surface area contributed by atoms with E-state index >= 15 is 0 Å². The Labute approximate surface area is 244 Å². The van der Waals surface area contributed by atoms with Gasteiger partial charge in [0.2, 0.25) is 0 Å². The van der Waals surface area contributed by atoms with E-state index in [4.69, 9.17) is 18.9 Å². The predicted octanol–water partition coefficient (Wildman–Crippen LogP) is 3.54. The summed E-state index contributed by atoms with van der Waals surface area (Å²) in [6, 6.07) is 0. The van der Waals surface area contributed by atoms with E-state index in [9.17, 15) is 20.4 Å². The molecule has 8 heteroatoms. The zero-order chi connectivity index (χ0) is 28.9. The van der Waals surface area contributed by atoms with Crippen LogP contribution in [0.1, 0.15) is 85.5 Å². The molecule has 41 heavy (non-hydrogen) atoms. The quantitative estimate of drug-likeness (QED) is 0.377. The Morgan fingerprint density at radius 3 is 2.51 bits per heavy atom. The second kappa shape index (κ2) is 10.2. The van der Waals surface area contributed by atoms with Crippen molar-refractivity contribution in [2.45, 2.75) is 134 Å². The molecule has 1 spiro atoms. The lowest BCUT2D eigenvalue weighted by Gasteiger charge is -2.58. The minimum Gasteiger partial charge on any atom is -0.394 e. The van der Waals surface area contributed by atoms with Crippen LogP contribution in [0.2, 0.25) is 0 Å². The maximum absolute atomic E-state index is 10.5. The summed E-state index contributed by atoms with van der Waals surface area (Å²) in [6.07, 6.45) is 6.24. The fourth-order valence-corrected chi connectivity index (χ4v) is 11.1. The smallest absolute Gasteiger partial charge is 0.186 e.